The Bertz CT molecular complexity index is 1060. The quantitative estimate of drug-likeness (QED) is 0.572. The molecule has 0 bridgehead atoms. The SMILES string of the molecule is CC(C)CC1NC(C(=O)NCCN(C)C)Cc2cn(Cc3ccncc3)c3cccc1c23. The second-order valence-corrected chi connectivity index (χ2v) is 9.58. The highest BCUT2D eigenvalue weighted by Gasteiger charge is 2.30. The maximum absolute atomic E-state index is 13.1. The zero-order valence-corrected chi connectivity index (χ0v) is 19.6. The van der Waals surface area contributed by atoms with Gasteiger partial charge in [-0.1, -0.05) is 26.0 Å². The van der Waals surface area contributed by atoms with Gasteiger partial charge in [-0.2, -0.15) is 0 Å². The lowest BCUT2D eigenvalue weighted by Gasteiger charge is -2.25. The predicted octanol–water partition coefficient (Wildman–Crippen LogP) is 3.36. The fourth-order valence-electron chi connectivity index (χ4n) is 4.70. The van der Waals surface area contributed by atoms with E-state index in [1.54, 1.807) is 0 Å². The van der Waals surface area contributed by atoms with E-state index in [2.05, 4.69) is 75.5 Å². The van der Waals surface area contributed by atoms with Crippen LogP contribution < -0.4 is 10.6 Å². The van der Waals surface area contributed by atoms with E-state index in [1.807, 2.05) is 26.5 Å². The molecular weight excluding hydrogens is 398 g/mol. The van der Waals surface area contributed by atoms with Crippen LogP contribution in [0.5, 0.6) is 0 Å². The highest BCUT2D eigenvalue weighted by atomic mass is 16.2. The Morgan fingerprint density at radius 3 is 2.75 bits per heavy atom. The van der Waals surface area contributed by atoms with Crippen molar-refractivity contribution in [2.24, 2.45) is 5.92 Å². The molecule has 1 aliphatic heterocycles. The molecule has 2 unspecified atom stereocenters. The van der Waals surface area contributed by atoms with Crippen LogP contribution in [0, 0.1) is 5.92 Å². The van der Waals surface area contributed by atoms with Crippen molar-refractivity contribution in [1.82, 2.24) is 25.1 Å². The molecule has 0 saturated heterocycles. The number of carbonyl (C=O) groups is 1. The molecule has 4 rings (SSSR count). The summed E-state index contributed by atoms with van der Waals surface area (Å²) in [5, 5.41) is 8.15. The summed E-state index contributed by atoms with van der Waals surface area (Å²) in [6.07, 6.45) is 7.61. The minimum atomic E-state index is -0.242. The van der Waals surface area contributed by atoms with Crippen LogP contribution in [0.25, 0.3) is 10.9 Å². The zero-order chi connectivity index (χ0) is 22.7. The normalized spacial score (nSPS) is 18.3. The van der Waals surface area contributed by atoms with E-state index in [0.29, 0.717) is 18.9 Å². The fourth-order valence-corrected chi connectivity index (χ4v) is 4.70. The average molecular weight is 434 g/mol. The van der Waals surface area contributed by atoms with Crippen LogP contribution in [0.4, 0.5) is 0 Å². The molecule has 6 heteroatoms. The third-order valence-electron chi connectivity index (χ3n) is 6.20. The first-order chi connectivity index (χ1) is 15.4. The van der Waals surface area contributed by atoms with Gasteiger partial charge < -0.3 is 14.8 Å². The predicted molar refractivity (Wildman–Crippen MR) is 130 cm³/mol. The molecule has 1 amide bonds. The van der Waals surface area contributed by atoms with E-state index in [9.17, 15) is 4.79 Å². The molecule has 2 atom stereocenters. The minimum Gasteiger partial charge on any atom is -0.353 e. The van der Waals surface area contributed by atoms with Gasteiger partial charge >= 0.3 is 0 Å². The van der Waals surface area contributed by atoms with Gasteiger partial charge in [-0.05, 0) is 67.7 Å². The first-order valence-electron chi connectivity index (χ1n) is 11.6. The molecule has 2 N–H and O–H groups in total. The Kier molecular flexibility index (Phi) is 6.92. The molecule has 170 valence electrons. The Labute approximate surface area is 191 Å². The summed E-state index contributed by atoms with van der Waals surface area (Å²) in [6, 6.07) is 10.6. The number of nitrogens with one attached hydrogen (secondary N) is 2. The summed E-state index contributed by atoms with van der Waals surface area (Å²) < 4.78 is 2.32. The minimum absolute atomic E-state index is 0.0865. The van der Waals surface area contributed by atoms with Gasteiger partial charge in [0, 0.05) is 55.2 Å². The lowest BCUT2D eigenvalue weighted by Crippen LogP contribution is -2.47. The van der Waals surface area contributed by atoms with Gasteiger partial charge in [0.2, 0.25) is 5.91 Å². The van der Waals surface area contributed by atoms with Crippen molar-refractivity contribution in [3.05, 3.63) is 65.6 Å². The number of nitrogens with zero attached hydrogens (tertiary/aromatic N) is 3. The van der Waals surface area contributed by atoms with Gasteiger partial charge in [0.1, 0.15) is 0 Å². The highest BCUT2D eigenvalue weighted by Crippen LogP contribution is 2.36. The largest absolute Gasteiger partial charge is 0.353 e. The number of carbonyl (C=O) groups excluding carboxylic acids is 1. The van der Waals surface area contributed by atoms with Crippen LogP contribution in [0.2, 0.25) is 0 Å². The number of pyridine rings is 1. The van der Waals surface area contributed by atoms with E-state index < -0.39 is 0 Å². The van der Waals surface area contributed by atoms with Crippen molar-refractivity contribution in [2.45, 2.75) is 45.3 Å². The molecule has 1 aromatic carbocycles. The van der Waals surface area contributed by atoms with Gasteiger partial charge in [-0.3, -0.25) is 15.1 Å². The van der Waals surface area contributed by atoms with Crippen LogP contribution in [0.1, 0.15) is 43.0 Å². The van der Waals surface area contributed by atoms with Crippen molar-refractivity contribution in [3.8, 4) is 0 Å². The lowest BCUT2D eigenvalue weighted by molar-refractivity contribution is -0.123. The lowest BCUT2D eigenvalue weighted by atomic mass is 9.94. The maximum atomic E-state index is 13.1. The molecule has 0 fully saturated rings. The van der Waals surface area contributed by atoms with E-state index >= 15 is 0 Å². The topological polar surface area (TPSA) is 62.2 Å². The monoisotopic (exact) mass is 433 g/mol. The number of hydrogen-bond acceptors (Lipinski definition) is 4. The number of hydrogen-bond donors (Lipinski definition) is 2. The molecule has 0 spiro atoms. The van der Waals surface area contributed by atoms with Gasteiger partial charge in [-0.15, -0.1) is 0 Å². The van der Waals surface area contributed by atoms with Crippen LogP contribution in [-0.2, 0) is 17.8 Å². The summed E-state index contributed by atoms with van der Waals surface area (Å²) >= 11 is 0. The summed E-state index contributed by atoms with van der Waals surface area (Å²) in [4.78, 5) is 19.4. The molecule has 2 aromatic heterocycles. The first kappa shape index (κ1) is 22.5. The highest BCUT2D eigenvalue weighted by molar-refractivity contribution is 5.90. The number of likely N-dealkylation sites (N-methyl/N-ethyl adjacent to an activating group) is 1. The maximum Gasteiger partial charge on any atom is 0.237 e. The third kappa shape index (κ3) is 5.03. The second-order valence-electron chi connectivity index (χ2n) is 9.58. The molecule has 6 nitrogen and oxygen atoms in total. The summed E-state index contributed by atoms with van der Waals surface area (Å²) in [5.41, 5.74) is 5.01. The number of benzene rings is 1. The van der Waals surface area contributed by atoms with Crippen LogP contribution in [0.15, 0.2) is 48.9 Å². The fraction of sp³-hybridized carbons (Fsp3) is 0.462. The molecule has 3 heterocycles. The molecular formula is C26H35N5O. The van der Waals surface area contributed by atoms with Crippen molar-refractivity contribution in [3.63, 3.8) is 0 Å². The smallest absolute Gasteiger partial charge is 0.237 e. The van der Waals surface area contributed by atoms with Crippen molar-refractivity contribution in [2.75, 3.05) is 27.2 Å². The van der Waals surface area contributed by atoms with E-state index in [4.69, 9.17) is 0 Å². The Morgan fingerprint density at radius 1 is 1.25 bits per heavy atom. The molecule has 3 aromatic rings. The van der Waals surface area contributed by atoms with Crippen molar-refractivity contribution >= 4 is 16.8 Å². The Balaban J connectivity index is 1.69. The van der Waals surface area contributed by atoms with Gasteiger partial charge in [0.15, 0.2) is 0 Å². The first-order valence-corrected chi connectivity index (χ1v) is 11.6. The van der Waals surface area contributed by atoms with E-state index in [0.717, 1.165) is 19.5 Å². The number of rotatable bonds is 8. The second kappa shape index (κ2) is 9.84. The average Bonchev–Trinajstić information content (AvgIpc) is 3.01. The molecule has 0 saturated carbocycles. The molecule has 32 heavy (non-hydrogen) atoms. The van der Waals surface area contributed by atoms with Crippen molar-refractivity contribution in [1.29, 1.82) is 0 Å². The van der Waals surface area contributed by atoms with E-state index in [1.165, 1.54) is 27.6 Å². The molecule has 0 aliphatic carbocycles. The Hall–Kier alpha value is -2.70. The summed E-state index contributed by atoms with van der Waals surface area (Å²) in [7, 11) is 4.04. The van der Waals surface area contributed by atoms with Gasteiger partial charge in [0.25, 0.3) is 0 Å². The van der Waals surface area contributed by atoms with Gasteiger partial charge in [-0.25, -0.2) is 0 Å². The summed E-state index contributed by atoms with van der Waals surface area (Å²) in [5.74, 6) is 0.615. The standard InChI is InChI=1S/C26H35N5O/c1-18(2)14-22-21-6-5-7-24-25(21)20(17-31(24)16-19-8-10-27-11-9-19)15-23(29-22)26(32)28-12-13-30(3)4/h5-11,17-18,22-23,29H,12-16H2,1-4H3,(H,28,32). The van der Waals surface area contributed by atoms with Gasteiger partial charge in [0.05, 0.1) is 6.04 Å². The zero-order valence-electron chi connectivity index (χ0n) is 19.6. The molecule has 1 aliphatic rings. The van der Waals surface area contributed by atoms with E-state index in [-0.39, 0.29) is 18.0 Å². The Morgan fingerprint density at radius 2 is 2.03 bits per heavy atom. The summed E-state index contributed by atoms with van der Waals surface area (Å²) in [6.45, 7) is 6.78. The van der Waals surface area contributed by atoms with Crippen molar-refractivity contribution < 1.29 is 4.79 Å². The third-order valence-corrected chi connectivity index (χ3v) is 6.20. The van der Waals surface area contributed by atoms with Crippen LogP contribution >= 0.6 is 0 Å². The van der Waals surface area contributed by atoms with Crippen LogP contribution in [-0.4, -0.2) is 53.6 Å². The molecule has 0 radical (unpaired) electrons. The number of aromatic nitrogens is 2. The van der Waals surface area contributed by atoms with Crippen LogP contribution in [0.3, 0.4) is 0 Å². The number of amides is 1.